The van der Waals surface area contributed by atoms with E-state index < -0.39 is 0 Å². The van der Waals surface area contributed by atoms with Crippen LogP contribution in [-0.2, 0) is 5.88 Å². The Labute approximate surface area is 113 Å². The van der Waals surface area contributed by atoms with Crippen molar-refractivity contribution >= 4 is 39.1 Å². The van der Waals surface area contributed by atoms with E-state index in [9.17, 15) is 0 Å². The quantitative estimate of drug-likeness (QED) is 0.641. The molecule has 0 aliphatic heterocycles. The second-order valence-electron chi connectivity index (χ2n) is 3.42. The van der Waals surface area contributed by atoms with Crippen molar-refractivity contribution < 1.29 is 0 Å². The van der Waals surface area contributed by atoms with Crippen LogP contribution >= 0.6 is 39.1 Å². The van der Waals surface area contributed by atoms with Crippen LogP contribution in [-0.4, -0.2) is 0 Å². The van der Waals surface area contributed by atoms with E-state index in [0.717, 1.165) is 26.2 Å². The summed E-state index contributed by atoms with van der Waals surface area (Å²) in [6.45, 7) is 0. The van der Waals surface area contributed by atoms with Gasteiger partial charge in [0.2, 0.25) is 0 Å². The zero-order valence-corrected chi connectivity index (χ0v) is 11.5. The number of halogens is 3. The minimum atomic E-state index is 0.495. The molecule has 0 amide bonds. The topological polar surface area (TPSA) is 0 Å². The number of hydrogen-bond donors (Lipinski definition) is 0. The van der Waals surface area contributed by atoms with E-state index in [1.165, 1.54) is 0 Å². The van der Waals surface area contributed by atoms with Gasteiger partial charge in [0.25, 0.3) is 0 Å². The van der Waals surface area contributed by atoms with Crippen molar-refractivity contribution in [3.05, 3.63) is 57.5 Å². The van der Waals surface area contributed by atoms with Crippen LogP contribution in [0.15, 0.2) is 46.9 Å². The third-order valence-corrected chi connectivity index (χ3v) is 3.82. The summed E-state index contributed by atoms with van der Waals surface area (Å²) in [6, 6.07) is 13.8. The van der Waals surface area contributed by atoms with E-state index in [4.69, 9.17) is 23.2 Å². The fourth-order valence-corrected chi connectivity index (χ4v) is 2.77. The summed E-state index contributed by atoms with van der Waals surface area (Å²) >= 11 is 15.4. The highest BCUT2D eigenvalue weighted by atomic mass is 79.9. The van der Waals surface area contributed by atoms with Crippen LogP contribution in [0.2, 0.25) is 5.02 Å². The number of rotatable bonds is 2. The highest BCUT2D eigenvalue weighted by molar-refractivity contribution is 9.10. The lowest BCUT2D eigenvalue weighted by Gasteiger charge is -2.08. The summed E-state index contributed by atoms with van der Waals surface area (Å²) < 4.78 is 1.03. The van der Waals surface area contributed by atoms with Crippen LogP contribution in [0.3, 0.4) is 0 Å². The maximum atomic E-state index is 5.98. The maximum absolute atomic E-state index is 5.98. The average molecular weight is 316 g/mol. The zero-order chi connectivity index (χ0) is 11.5. The van der Waals surface area contributed by atoms with Gasteiger partial charge in [-0.3, -0.25) is 0 Å². The molecule has 0 fully saturated rings. The predicted molar refractivity (Wildman–Crippen MR) is 74.1 cm³/mol. The maximum Gasteiger partial charge on any atom is 0.0485 e. The Balaban J connectivity index is 2.56. The molecule has 0 heterocycles. The largest absolute Gasteiger partial charge is 0.122 e. The van der Waals surface area contributed by atoms with Gasteiger partial charge in [-0.1, -0.05) is 41.9 Å². The Morgan fingerprint density at radius 2 is 1.81 bits per heavy atom. The van der Waals surface area contributed by atoms with Crippen LogP contribution < -0.4 is 0 Å². The van der Waals surface area contributed by atoms with Gasteiger partial charge in [-0.15, -0.1) is 11.6 Å². The first-order chi connectivity index (χ1) is 7.72. The molecule has 0 atom stereocenters. The molecule has 2 aromatic rings. The van der Waals surface area contributed by atoms with E-state index in [1.54, 1.807) is 0 Å². The van der Waals surface area contributed by atoms with Gasteiger partial charge in [0.05, 0.1) is 0 Å². The molecule has 82 valence electrons. The molecule has 2 rings (SSSR count). The zero-order valence-electron chi connectivity index (χ0n) is 8.38. The van der Waals surface area contributed by atoms with E-state index in [0.29, 0.717) is 5.88 Å². The van der Waals surface area contributed by atoms with Crippen molar-refractivity contribution in [1.82, 2.24) is 0 Å². The summed E-state index contributed by atoms with van der Waals surface area (Å²) in [5.41, 5.74) is 3.28. The molecule has 0 N–H and O–H groups in total. The molecule has 0 nitrogen and oxygen atoms in total. The monoisotopic (exact) mass is 314 g/mol. The lowest BCUT2D eigenvalue weighted by molar-refractivity contribution is 1.37. The van der Waals surface area contributed by atoms with Crippen LogP contribution in [0.4, 0.5) is 0 Å². The van der Waals surface area contributed by atoms with Gasteiger partial charge in [-0.25, -0.2) is 0 Å². The Morgan fingerprint density at radius 3 is 2.50 bits per heavy atom. The minimum absolute atomic E-state index is 0.495. The van der Waals surface area contributed by atoms with Gasteiger partial charge in [0.15, 0.2) is 0 Å². The van der Waals surface area contributed by atoms with Crippen molar-refractivity contribution in [1.29, 1.82) is 0 Å². The molecule has 0 unspecified atom stereocenters. The van der Waals surface area contributed by atoms with Crippen LogP contribution in [0.25, 0.3) is 11.1 Å². The Bertz CT molecular complexity index is 509. The fraction of sp³-hybridized carbons (Fsp3) is 0.0769. The number of benzene rings is 2. The standard InChI is InChI=1S/C13H9BrCl2/c14-13-10(8-15)4-2-6-12(13)9-3-1-5-11(16)7-9/h1-7H,8H2. The second-order valence-corrected chi connectivity index (χ2v) is 4.92. The third kappa shape index (κ3) is 2.42. The SMILES string of the molecule is ClCc1cccc(-c2cccc(Cl)c2)c1Br. The van der Waals surface area contributed by atoms with Crippen molar-refractivity contribution in [3.63, 3.8) is 0 Å². The molecule has 0 aliphatic carbocycles. The van der Waals surface area contributed by atoms with Gasteiger partial charge < -0.3 is 0 Å². The molecule has 16 heavy (non-hydrogen) atoms. The van der Waals surface area contributed by atoms with Crippen molar-refractivity contribution in [2.75, 3.05) is 0 Å². The number of alkyl halides is 1. The Kier molecular flexibility index (Phi) is 3.91. The van der Waals surface area contributed by atoms with Crippen molar-refractivity contribution in [3.8, 4) is 11.1 Å². The Morgan fingerprint density at radius 1 is 1.06 bits per heavy atom. The van der Waals surface area contributed by atoms with Gasteiger partial charge in [0.1, 0.15) is 0 Å². The van der Waals surface area contributed by atoms with Crippen molar-refractivity contribution in [2.45, 2.75) is 5.88 Å². The predicted octanol–water partition coefficient (Wildman–Crippen LogP) is 5.51. The first-order valence-electron chi connectivity index (χ1n) is 4.81. The molecule has 0 radical (unpaired) electrons. The highest BCUT2D eigenvalue weighted by Gasteiger charge is 2.06. The molecule has 0 aliphatic rings. The fourth-order valence-electron chi connectivity index (χ4n) is 1.56. The molecule has 0 saturated carbocycles. The molecule has 2 aromatic carbocycles. The second kappa shape index (κ2) is 5.22. The number of hydrogen-bond acceptors (Lipinski definition) is 0. The first kappa shape index (κ1) is 12.0. The Hall–Kier alpha value is -0.500. The van der Waals surface area contributed by atoms with Crippen LogP contribution in [0.1, 0.15) is 5.56 Å². The van der Waals surface area contributed by atoms with Crippen molar-refractivity contribution in [2.24, 2.45) is 0 Å². The molecule has 3 heteroatoms. The molecule has 0 spiro atoms. The minimum Gasteiger partial charge on any atom is -0.122 e. The van der Waals surface area contributed by atoms with Gasteiger partial charge in [0, 0.05) is 15.4 Å². The van der Waals surface area contributed by atoms with Gasteiger partial charge >= 0.3 is 0 Å². The smallest absolute Gasteiger partial charge is 0.0485 e. The molecule has 0 saturated heterocycles. The summed E-state index contributed by atoms with van der Waals surface area (Å²) in [4.78, 5) is 0. The molecular formula is C13H9BrCl2. The molecule has 0 aromatic heterocycles. The lowest BCUT2D eigenvalue weighted by atomic mass is 10.0. The normalized spacial score (nSPS) is 10.4. The van der Waals surface area contributed by atoms with Gasteiger partial charge in [-0.05, 0) is 44.8 Å². The summed E-state index contributed by atoms with van der Waals surface area (Å²) in [6.07, 6.45) is 0. The van der Waals surface area contributed by atoms with E-state index >= 15 is 0 Å². The lowest BCUT2D eigenvalue weighted by Crippen LogP contribution is -1.85. The molecular weight excluding hydrogens is 307 g/mol. The average Bonchev–Trinajstić information content (AvgIpc) is 2.29. The summed E-state index contributed by atoms with van der Waals surface area (Å²) in [5.74, 6) is 0.495. The third-order valence-electron chi connectivity index (χ3n) is 2.36. The van der Waals surface area contributed by atoms with Crippen LogP contribution in [0.5, 0.6) is 0 Å². The van der Waals surface area contributed by atoms with Crippen LogP contribution in [0, 0.1) is 0 Å². The summed E-state index contributed by atoms with van der Waals surface area (Å²) in [5, 5.41) is 0.737. The highest BCUT2D eigenvalue weighted by Crippen LogP contribution is 2.32. The van der Waals surface area contributed by atoms with E-state index in [-0.39, 0.29) is 0 Å². The summed E-state index contributed by atoms with van der Waals surface area (Å²) in [7, 11) is 0. The van der Waals surface area contributed by atoms with Gasteiger partial charge in [-0.2, -0.15) is 0 Å². The van der Waals surface area contributed by atoms with E-state index in [2.05, 4.69) is 15.9 Å². The molecule has 0 bridgehead atoms. The van der Waals surface area contributed by atoms with E-state index in [1.807, 2.05) is 42.5 Å². The first-order valence-corrected chi connectivity index (χ1v) is 6.52.